The van der Waals surface area contributed by atoms with Gasteiger partial charge in [-0.2, -0.15) is 5.10 Å². The molecule has 3 heterocycles. The van der Waals surface area contributed by atoms with E-state index >= 15 is 0 Å². The minimum atomic E-state index is -0.946. The number of halogens is 2. The predicted octanol–water partition coefficient (Wildman–Crippen LogP) is 5.96. The van der Waals surface area contributed by atoms with Crippen LogP contribution in [0.2, 0.25) is 5.02 Å². The number of rotatable bonds is 5. The van der Waals surface area contributed by atoms with Gasteiger partial charge in [-0.05, 0) is 56.7 Å². The number of carboxylic acid groups (broad SMARTS) is 1. The molecule has 0 radical (unpaired) electrons. The molecule has 7 nitrogen and oxygen atoms in total. The lowest BCUT2D eigenvalue weighted by atomic mass is 9.85. The lowest BCUT2D eigenvalue weighted by Crippen LogP contribution is -2.44. The number of carbonyl (C=O) groups is 1. The minimum absolute atomic E-state index is 0.0838. The number of hydrogen-bond donors (Lipinski definition) is 1. The molecule has 3 aromatic rings. The first kappa shape index (κ1) is 25.4. The molecule has 0 unspecified atom stereocenters. The fraction of sp³-hybridized carbons (Fsp3) is 0.393. The van der Waals surface area contributed by atoms with Gasteiger partial charge in [-0.15, -0.1) is 0 Å². The van der Waals surface area contributed by atoms with E-state index in [-0.39, 0.29) is 21.7 Å². The topological polar surface area (TPSA) is 80.0 Å². The van der Waals surface area contributed by atoms with E-state index in [9.17, 15) is 9.18 Å². The lowest BCUT2D eigenvalue weighted by molar-refractivity contribution is -0.0626. The Balaban J connectivity index is 1.28. The van der Waals surface area contributed by atoms with Gasteiger partial charge in [0.1, 0.15) is 11.4 Å². The molecule has 5 rings (SSSR count). The molecule has 2 aliphatic rings. The van der Waals surface area contributed by atoms with Crippen molar-refractivity contribution in [3.05, 3.63) is 76.2 Å². The summed E-state index contributed by atoms with van der Waals surface area (Å²) in [5.74, 6) is -1.39. The Morgan fingerprint density at radius 3 is 2.43 bits per heavy atom. The highest BCUT2D eigenvalue weighted by molar-refractivity contribution is 6.31. The van der Waals surface area contributed by atoms with E-state index in [2.05, 4.69) is 37.0 Å². The summed E-state index contributed by atoms with van der Waals surface area (Å²) in [6.45, 7) is 8.68. The molecule has 0 atom stereocenters. The molecule has 2 aliphatic heterocycles. The van der Waals surface area contributed by atoms with Crippen molar-refractivity contribution in [1.82, 2.24) is 14.7 Å². The van der Waals surface area contributed by atoms with Gasteiger partial charge in [0.25, 0.3) is 0 Å². The summed E-state index contributed by atoms with van der Waals surface area (Å²) in [4.78, 5) is 19.5. The first-order valence-electron chi connectivity index (χ1n) is 12.4. The number of aromatic nitrogens is 2. The van der Waals surface area contributed by atoms with Crippen LogP contribution in [0.25, 0.3) is 11.3 Å². The maximum absolute atomic E-state index is 13.8. The Bertz CT molecular complexity index is 1350. The molecule has 1 aromatic heterocycles. The van der Waals surface area contributed by atoms with E-state index in [1.54, 1.807) is 36.4 Å². The molecule has 1 spiro atoms. The largest absolute Gasteiger partial charge is 0.478 e. The highest BCUT2D eigenvalue weighted by atomic mass is 35.5. The Morgan fingerprint density at radius 2 is 1.81 bits per heavy atom. The van der Waals surface area contributed by atoms with E-state index in [1.165, 1.54) is 6.07 Å². The van der Waals surface area contributed by atoms with Crippen LogP contribution in [0.1, 0.15) is 61.5 Å². The van der Waals surface area contributed by atoms with Crippen LogP contribution in [0.15, 0.2) is 53.8 Å². The number of piperidine rings is 1. The van der Waals surface area contributed by atoms with Crippen LogP contribution in [0.3, 0.4) is 0 Å². The zero-order valence-electron chi connectivity index (χ0n) is 21.2. The summed E-state index contributed by atoms with van der Waals surface area (Å²) in [6.07, 6.45) is 4.44. The van der Waals surface area contributed by atoms with Crippen LogP contribution < -0.4 is 0 Å². The SMILES string of the molecule is CC(C)(C)n1cc(CN2CCC3(CC2)CC(c2ccc(C(=O)O)cc2)=NO3)c(-c2ccc(F)c(Cl)c2)n1. The van der Waals surface area contributed by atoms with E-state index < -0.39 is 11.8 Å². The molecule has 194 valence electrons. The molecule has 0 aliphatic carbocycles. The second-order valence-electron chi connectivity index (χ2n) is 10.9. The van der Waals surface area contributed by atoms with Gasteiger partial charge in [0.15, 0.2) is 0 Å². The Labute approximate surface area is 220 Å². The van der Waals surface area contributed by atoms with Gasteiger partial charge in [0.2, 0.25) is 0 Å². The van der Waals surface area contributed by atoms with Crippen molar-refractivity contribution >= 4 is 23.3 Å². The molecule has 1 fully saturated rings. The minimum Gasteiger partial charge on any atom is -0.478 e. The van der Waals surface area contributed by atoms with Crippen molar-refractivity contribution in [2.75, 3.05) is 13.1 Å². The Morgan fingerprint density at radius 1 is 1.14 bits per heavy atom. The Kier molecular flexibility index (Phi) is 6.58. The first-order chi connectivity index (χ1) is 17.5. The van der Waals surface area contributed by atoms with Crippen LogP contribution in [0.5, 0.6) is 0 Å². The highest BCUT2D eigenvalue weighted by Gasteiger charge is 2.42. The maximum atomic E-state index is 13.8. The molecule has 2 aromatic carbocycles. The highest BCUT2D eigenvalue weighted by Crippen LogP contribution is 2.37. The molecule has 1 N–H and O–H groups in total. The van der Waals surface area contributed by atoms with E-state index in [0.29, 0.717) is 13.0 Å². The van der Waals surface area contributed by atoms with Crippen LogP contribution in [0.4, 0.5) is 4.39 Å². The molecule has 0 amide bonds. The van der Waals surface area contributed by atoms with Gasteiger partial charge in [-0.3, -0.25) is 9.58 Å². The fourth-order valence-electron chi connectivity index (χ4n) is 4.86. The van der Waals surface area contributed by atoms with Crippen LogP contribution in [-0.4, -0.2) is 50.2 Å². The van der Waals surface area contributed by atoms with Crippen molar-refractivity contribution in [3.63, 3.8) is 0 Å². The third-order valence-electron chi connectivity index (χ3n) is 7.14. The quantitative estimate of drug-likeness (QED) is 0.446. The van der Waals surface area contributed by atoms with Gasteiger partial charge >= 0.3 is 5.97 Å². The summed E-state index contributed by atoms with van der Waals surface area (Å²) < 4.78 is 15.8. The van der Waals surface area contributed by atoms with Crippen molar-refractivity contribution in [2.24, 2.45) is 5.16 Å². The monoisotopic (exact) mass is 524 g/mol. The van der Waals surface area contributed by atoms with Crippen molar-refractivity contribution in [1.29, 1.82) is 0 Å². The maximum Gasteiger partial charge on any atom is 0.335 e. The van der Waals surface area contributed by atoms with Gasteiger partial charge in [-0.25, -0.2) is 9.18 Å². The molecular formula is C28H30ClFN4O3. The normalized spacial score (nSPS) is 17.6. The van der Waals surface area contributed by atoms with E-state index in [1.807, 2.05) is 4.68 Å². The van der Waals surface area contributed by atoms with Gasteiger partial charge in [0.05, 0.1) is 27.5 Å². The second kappa shape index (κ2) is 9.58. The standard InChI is InChI=1S/C28H30ClFN4O3/c1-27(2,3)34-17-21(25(31-34)20-8-9-23(30)22(29)14-20)16-33-12-10-28(11-13-33)15-24(32-37-28)18-4-6-19(7-5-18)26(35)36/h4-9,14,17H,10-13,15-16H2,1-3H3,(H,35,36). The van der Waals surface area contributed by atoms with Crippen molar-refractivity contribution in [2.45, 2.75) is 57.7 Å². The summed E-state index contributed by atoms with van der Waals surface area (Å²) >= 11 is 6.08. The van der Waals surface area contributed by atoms with Crippen LogP contribution in [-0.2, 0) is 16.9 Å². The zero-order chi connectivity index (χ0) is 26.4. The number of aromatic carboxylic acids is 1. The van der Waals surface area contributed by atoms with Crippen molar-refractivity contribution in [3.8, 4) is 11.3 Å². The molecule has 9 heteroatoms. The van der Waals surface area contributed by atoms with Gasteiger partial charge in [0, 0.05) is 56.2 Å². The summed E-state index contributed by atoms with van der Waals surface area (Å²) in [5.41, 5.74) is 4.14. The summed E-state index contributed by atoms with van der Waals surface area (Å²) in [7, 11) is 0. The third kappa shape index (κ3) is 5.26. The number of nitrogens with zero attached hydrogens (tertiary/aromatic N) is 4. The summed E-state index contributed by atoms with van der Waals surface area (Å²) in [5, 5.41) is 18.4. The lowest BCUT2D eigenvalue weighted by Gasteiger charge is -2.37. The smallest absolute Gasteiger partial charge is 0.335 e. The number of carboxylic acids is 1. The molecule has 0 saturated carbocycles. The fourth-order valence-corrected chi connectivity index (χ4v) is 5.05. The molecule has 0 bridgehead atoms. The number of benzene rings is 2. The van der Waals surface area contributed by atoms with E-state index in [4.69, 9.17) is 26.6 Å². The number of hydrogen-bond acceptors (Lipinski definition) is 5. The van der Waals surface area contributed by atoms with Crippen LogP contribution in [0, 0.1) is 5.82 Å². The van der Waals surface area contributed by atoms with Gasteiger partial charge in [-0.1, -0.05) is 28.9 Å². The molecular weight excluding hydrogens is 495 g/mol. The molecule has 37 heavy (non-hydrogen) atoms. The first-order valence-corrected chi connectivity index (χ1v) is 12.8. The molecule has 1 saturated heterocycles. The van der Waals surface area contributed by atoms with E-state index in [0.717, 1.165) is 54.0 Å². The second-order valence-corrected chi connectivity index (χ2v) is 11.3. The zero-order valence-corrected chi connectivity index (χ0v) is 21.9. The van der Waals surface area contributed by atoms with Crippen LogP contribution >= 0.6 is 11.6 Å². The number of oxime groups is 1. The van der Waals surface area contributed by atoms with Crippen molar-refractivity contribution < 1.29 is 19.1 Å². The number of likely N-dealkylation sites (tertiary alicyclic amines) is 1. The van der Waals surface area contributed by atoms with Gasteiger partial charge < -0.3 is 9.94 Å². The average Bonchev–Trinajstić information content (AvgIpc) is 3.47. The third-order valence-corrected chi connectivity index (χ3v) is 7.43. The summed E-state index contributed by atoms with van der Waals surface area (Å²) in [6, 6.07) is 11.5. The average molecular weight is 525 g/mol. The predicted molar refractivity (Wildman–Crippen MR) is 141 cm³/mol. The Hall–Kier alpha value is -3.23.